The maximum Gasteiger partial charge on any atom is 0.244 e. The van der Waals surface area contributed by atoms with E-state index in [1.165, 1.54) is 22.4 Å². The average molecular weight is 339 g/mol. The van der Waals surface area contributed by atoms with Gasteiger partial charge in [-0.3, -0.25) is 0 Å². The summed E-state index contributed by atoms with van der Waals surface area (Å²) in [6.45, 7) is 1.79. The summed E-state index contributed by atoms with van der Waals surface area (Å²) in [4.78, 5) is 0. The monoisotopic (exact) mass is 339 g/mol. The molecule has 3 aromatic carbocycles. The minimum Gasteiger partial charge on any atom is -0.232 e. The van der Waals surface area contributed by atoms with Crippen LogP contribution < -0.4 is 4.57 Å². The third kappa shape index (κ3) is 4.09. The third-order valence-electron chi connectivity index (χ3n) is 4.60. The molecule has 26 heavy (non-hydrogen) atoms. The number of hydrogen-bond acceptors (Lipinski definition) is 0. The van der Waals surface area contributed by atoms with E-state index in [9.17, 15) is 0 Å². The van der Waals surface area contributed by atoms with Gasteiger partial charge in [-0.25, -0.2) is 9.13 Å². The van der Waals surface area contributed by atoms with Crippen LogP contribution in [0.1, 0.15) is 22.4 Å². The van der Waals surface area contributed by atoms with E-state index in [1.54, 1.807) is 0 Å². The highest BCUT2D eigenvalue weighted by molar-refractivity contribution is 5.22. The van der Waals surface area contributed by atoms with Gasteiger partial charge in [-0.15, -0.1) is 0 Å². The Hall–Kier alpha value is -3.13. The predicted octanol–water partition coefficient (Wildman–Crippen LogP) is 4.46. The van der Waals surface area contributed by atoms with Crippen molar-refractivity contribution in [3.8, 4) is 0 Å². The van der Waals surface area contributed by atoms with Gasteiger partial charge in [0.2, 0.25) is 6.33 Å². The topological polar surface area (TPSA) is 8.81 Å². The van der Waals surface area contributed by atoms with Gasteiger partial charge in [-0.2, -0.15) is 0 Å². The minimum atomic E-state index is 0.893. The molecule has 0 aliphatic carbocycles. The molecule has 0 fully saturated rings. The van der Waals surface area contributed by atoms with Crippen molar-refractivity contribution < 1.29 is 4.57 Å². The Bertz CT molecular complexity index is 882. The Kier molecular flexibility index (Phi) is 4.92. The molecule has 1 aromatic heterocycles. The van der Waals surface area contributed by atoms with Gasteiger partial charge in [0.25, 0.3) is 0 Å². The second-order valence-corrected chi connectivity index (χ2v) is 6.67. The zero-order chi connectivity index (χ0) is 17.6. The number of benzene rings is 3. The van der Waals surface area contributed by atoms with E-state index in [-0.39, 0.29) is 0 Å². The average Bonchev–Trinajstić information content (AvgIpc) is 3.05. The van der Waals surface area contributed by atoms with E-state index in [0.717, 1.165) is 19.5 Å². The van der Waals surface area contributed by atoms with Crippen LogP contribution in [0.5, 0.6) is 0 Å². The molecule has 0 saturated heterocycles. The molecular formula is C24H23N2+. The molecule has 0 aliphatic rings. The van der Waals surface area contributed by atoms with Crippen molar-refractivity contribution >= 4 is 0 Å². The highest BCUT2D eigenvalue weighted by Crippen LogP contribution is 2.11. The maximum absolute atomic E-state index is 2.37. The van der Waals surface area contributed by atoms with Gasteiger partial charge in [-0.1, -0.05) is 91.0 Å². The van der Waals surface area contributed by atoms with Crippen molar-refractivity contribution in [1.29, 1.82) is 0 Å². The lowest BCUT2D eigenvalue weighted by Gasteiger charge is -2.02. The fourth-order valence-corrected chi connectivity index (χ4v) is 3.31. The lowest BCUT2D eigenvalue weighted by molar-refractivity contribution is -0.688. The van der Waals surface area contributed by atoms with Gasteiger partial charge in [-0.05, 0) is 16.7 Å². The van der Waals surface area contributed by atoms with Crippen LogP contribution in [0.25, 0.3) is 0 Å². The second-order valence-electron chi connectivity index (χ2n) is 6.67. The molecule has 4 aromatic rings. The van der Waals surface area contributed by atoms with Crippen molar-refractivity contribution in [2.45, 2.75) is 19.5 Å². The minimum absolute atomic E-state index is 0.893. The summed E-state index contributed by atoms with van der Waals surface area (Å²) in [6.07, 6.45) is 5.46. The van der Waals surface area contributed by atoms with E-state index in [4.69, 9.17) is 0 Å². The van der Waals surface area contributed by atoms with E-state index < -0.39 is 0 Å². The summed E-state index contributed by atoms with van der Waals surface area (Å²) in [5.74, 6) is 0. The summed E-state index contributed by atoms with van der Waals surface area (Å²) in [6, 6.07) is 32.0. The first-order valence-electron chi connectivity index (χ1n) is 9.07. The summed E-state index contributed by atoms with van der Waals surface area (Å²) < 4.78 is 4.65. The van der Waals surface area contributed by atoms with Crippen LogP contribution in [0.3, 0.4) is 0 Å². The number of hydrogen-bond donors (Lipinski definition) is 0. The molecule has 128 valence electrons. The fourth-order valence-electron chi connectivity index (χ4n) is 3.31. The van der Waals surface area contributed by atoms with Gasteiger partial charge in [0, 0.05) is 6.42 Å². The van der Waals surface area contributed by atoms with Gasteiger partial charge >= 0.3 is 0 Å². The summed E-state index contributed by atoms with van der Waals surface area (Å²) in [7, 11) is 0. The summed E-state index contributed by atoms with van der Waals surface area (Å²) >= 11 is 0. The van der Waals surface area contributed by atoms with Crippen molar-refractivity contribution in [2.75, 3.05) is 0 Å². The number of aromatic nitrogens is 2. The molecule has 1 heterocycles. The van der Waals surface area contributed by atoms with E-state index in [1.807, 2.05) is 0 Å². The van der Waals surface area contributed by atoms with Crippen LogP contribution in [0.15, 0.2) is 104 Å². The van der Waals surface area contributed by atoms with Gasteiger partial charge in [0.15, 0.2) is 0 Å². The molecule has 2 nitrogen and oxygen atoms in total. The van der Waals surface area contributed by atoms with Crippen LogP contribution in [-0.2, 0) is 19.5 Å². The van der Waals surface area contributed by atoms with Crippen LogP contribution in [-0.4, -0.2) is 4.57 Å². The first-order valence-corrected chi connectivity index (χ1v) is 9.07. The first kappa shape index (κ1) is 16.3. The molecule has 2 heteroatoms. The number of rotatable bonds is 6. The molecule has 0 saturated carbocycles. The Morgan fingerprint density at radius 1 is 0.615 bits per heavy atom. The molecular weight excluding hydrogens is 316 g/mol. The zero-order valence-corrected chi connectivity index (χ0v) is 14.8. The van der Waals surface area contributed by atoms with Crippen molar-refractivity contribution in [1.82, 2.24) is 4.57 Å². The van der Waals surface area contributed by atoms with Gasteiger partial charge in [0.05, 0.1) is 0 Å². The summed E-state index contributed by atoms with van der Waals surface area (Å²) in [5, 5.41) is 0. The van der Waals surface area contributed by atoms with Crippen LogP contribution in [0.4, 0.5) is 0 Å². The van der Waals surface area contributed by atoms with Crippen LogP contribution in [0, 0.1) is 0 Å². The normalized spacial score (nSPS) is 10.8. The molecule has 0 spiro atoms. The van der Waals surface area contributed by atoms with Gasteiger partial charge in [0.1, 0.15) is 25.0 Å². The molecule has 0 unspecified atom stereocenters. The van der Waals surface area contributed by atoms with Crippen molar-refractivity contribution in [2.24, 2.45) is 0 Å². The van der Waals surface area contributed by atoms with E-state index >= 15 is 0 Å². The summed E-state index contributed by atoms with van der Waals surface area (Å²) in [5.41, 5.74) is 5.31. The molecule has 0 bridgehead atoms. The largest absolute Gasteiger partial charge is 0.244 e. The first-order chi connectivity index (χ1) is 12.9. The Balaban J connectivity index is 1.63. The predicted molar refractivity (Wildman–Crippen MR) is 105 cm³/mol. The lowest BCUT2D eigenvalue weighted by atomic mass is 10.1. The number of imidazole rings is 1. The fraction of sp³-hybridized carbons (Fsp3) is 0.125. The lowest BCUT2D eigenvalue weighted by Crippen LogP contribution is -2.31. The Morgan fingerprint density at radius 3 is 1.77 bits per heavy atom. The highest BCUT2D eigenvalue weighted by atomic mass is 15.1. The zero-order valence-electron chi connectivity index (χ0n) is 14.8. The molecule has 0 amide bonds. The molecule has 0 radical (unpaired) electrons. The standard InChI is InChI=1S/C24H23N2/c1-4-10-21(11-5-1)16-24-19-25(17-22-12-6-2-7-13-22)20-26(24)18-23-14-8-3-9-15-23/h1-15,19-20H,16-18H2/q+1. The smallest absolute Gasteiger partial charge is 0.232 e. The molecule has 4 rings (SSSR count). The van der Waals surface area contributed by atoms with Crippen LogP contribution >= 0.6 is 0 Å². The quantitative estimate of drug-likeness (QED) is 0.459. The van der Waals surface area contributed by atoms with Crippen molar-refractivity contribution in [3.05, 3.63) is 126 Å². The van der Waals surface area contributed by atoms with Gasteiger partial charge < -0.3 is 0 Å². The molecule has 0 aliphatic heterocycles. The third-order valence-corrected chi connectivity index (χ3v) is 4.60. The Labute approximate surface area is 155 Å². The van der Waals surface area contributed by atoms with E-state index in [0.29, 0.717) is 0 Å². The molecule has 0 atom stereocenters. The number of nitrogens with zero attached hydrogens (tertiary/aromatic N) is 2. The highest BCUT2D eigenvalue weighted by Gasteiger charge is 2.15. The van der Waals surface area contributed by atoms with E-state index in [2.05, 4.69) is 113 Å². The van der Waals surface area contributed by atoms with Crippen molar-refractivity contribution in [3.63, 3.8) is 0 Å². The Morgan fingerprint density at radius 2 is 1.15 bits per heavy atom. The second kappa shape index (κ2) is 7.83. The van der Waals surface area contributed by atoms with Crippen LogP contribution in [0.2, 0.25) is 0 Å². The maximum atomic E-state index is 2.37. The SMILES string of the molecule is c1ccc(Cc2c[n+](Cc3ccccc3)cn2Cc2ccccc2)cc1. The molecule has 0 N–H and O–H groups in total.